The molecule has 2 aliphatic carbocycles. The first-order chi connectivity index (χ1) is 21.8. The minimum Gasteiger partial charge on any atom is -0.478 e. The number of carbonyl (C=O) groups is 1. The highest BCUT2D eigenvalue weighted by Crippen LogP contribution is 2.41. The summed E-state index contributed by atoms with van der Waals surface area (Å²) in [5, 5.41) is 0. The molecule has 0 saturated heterocycles. The van der Waals surface area contributed by atoms with E-state index in [4.69, 9.17) is 9.47 Å². The normalized spacial score (nSPS) is 15.6. The highest BCUT2D eigenvalue weighted by Gasteiger charge is 2.39. The topological polar surface area (TPSA) is 76.6 Å². The van der Waals surface area contributed by atoms with Crippen LogP contribution in [0.4, 0.5) is 5.82 Å². The Morgan fingerprint density at radius 2 is 1.93 bits per heavy atom. The molecule has 0 radical (unpaired) electrons. The van der Waals surface area contributed by atoms with Crippen molar-refractivity contribution in [3.8, 4) is 17.0 Å². The maximum Gasteiger partial charge on any atom is 0.258 e. The average molecular weight is 629 g/mol. The van der Waals surface area contributed by atoms with Crippen LogP contribution in [0.15, 0.2) is 65.8 Å². The van der Waals surface area contributed by atoms with E-state index in [0.29, 0.717) is 30.8 Å². The van der Waals surface area contributed by atoms with Gasteiger partial charge in [0.1, 0.15) is 0 Å². The average Bonchev–Trinajstić information content (AvgIpc) is 3.77. The van der Waals surface area contributed by atoms with Gasteiger partial charge in [0.15, 0.2) is 5.82 Å². The van der Waals surface area contributed by atoms with Gasteiger partial charge in [-0.25, -0.2) is 9.97 Å². The first kappa shape index (κ1) is 33.0. The molecule has 0 unspecified atom stereocenters. The van der Waals surface area contributed by atoms with E-state index in [2.05, 4.69) is 71.5 Å². The first-order valence-electron chi connectivity index (χ1n) is 16.4. The van der Waals surface area contributed by atoms with Crippen LogP contribution in [0.25, 0.3) is 11.1 Å². The van der Waals surface area contributed by atoms with Crippen molar-refractivity contribution >= 4 is 23.7 Å². The summed E-state index contributed by atoms with van der Waals surface area (Å²) in [7, 11) is 1.60. The lowest BCUT2D eigenvalue weighted by atomic mass is 9.86. The third-order valence-electron chi connectivity index (χ3n) is 8.98. The third-order valence-corrected chi connectivity index (χ3v) is 9.85. The number of carbonyl (C=O) groups excluding carboxylic acids is 1. The quantitative estimate of drug-likeness (QED) is 0.159. The summed E-state index contributed by atoms with van der Waals surface area (Å²) in [6, 6.07) is 14.9. The van der Waals surface area contributed by atoms with Gasteiger partial charge in [-0.1, -0.05) is 76.1 Å². The molecule has 2 saturated carbocycles. The zero-order valence-electron chi connectivity index (χ0n) is 27.4. The van der Waals surface area contributed by atoms with Gasteiger partial charge < -0.3 is 19.1 Å². The predicted molar refractivity (Wildman–Crippen MR) is 183 cm³/mol. The molecule has 0 spiro atoms. The summed E-state index contributed by atoms with van der Waals surface area (Å²) in [6.07, 6.45) is 11.3. The van der Waals surface area contributed by atoms with Crippen LogP contribution in [0.3, 0.4) is 0 Å². The van der Waals surface area contributed by atoms with Crippen molar-refractivity contribution in [1.82, 2.24) is 14.9 Å². The van der Waals surface area contributed by atoms with Gasteiger partial charge in [0, 0.05) is 22.6 Å². The maximum absolute atomic E-state index is 14.0. The molecule has 240 valence electrons. The van der Waals surface area contributed by atoms with Crippen LogP contribution in [0.1, 0.15) is 88.5 Å². The number of ether oxygens (including phenoxy) is 2. The van der Waals surface area contributed by atoms with E-state index in [1.807, 2.05) is 17.9 Å². The third kappa shape index (κ3) is 8.47. The second-order valence-corrected chi connectivity index (χ2v) is 13.7. The zero-order valence-corrected chi connectivity index (χ0v) is 28.2. The molecule has 1 aromatic heterocycles. The van der Waals surface area contributed by atoms with Crippen molar-refractivity contribution in [2.45, 2.75) is 96.6 Å². The number of nitrogens with zero attached hydrogens (tertiary/aromatic N) is 3. The summed E-state index contributed by atoms with van der Waals surface area (Å²) < 4.78 is 15.1. The lowest BCUT2D eigenvalue weighted by Gasteiger charge is -2.33. The lowest BCUT2D eigenvalue weighted by Crippen LogP contribution is -2.40. The van der Waals surface area contributed by atoms with E-state index in [1.54, 1.807) is 13.3 Å². The molecule has 5 rings (SSSR count). The van der Waals surface area contributed by atoms with Crippen molar-refractivity contribution in [3.63, 3.8) is 0 Å². The largest absolute Gasteiger partial charge is 0.478 e. The zero-order chi connectivity index (χ0) is 31.8. The molecule has 0 atom stereocenters. The molecule has 7 nitrogen and oxygen atoms in total. The van der Waals surface area contributed by atoms with E-state index in [-0.39, 0.29) is 11.3 Å². The van der Waals surface area contributed by atoms with Gasteiger partial charge in [-0.3, -0.25) is 4.79 Å². The second kappa shape index (κ2) is 15.3. The number of benzene rings is 2. The molecular weight excluding hydrogens is 580 g/mol. The van der Waals surface area contributed by atoms with Gasteiger partial charge in [-0.05, 0) is 91.6 Å². The van der Waals surface area contributed by atoms with Crippen LogP contribution in [-0.2, 0) is 22.7 Å². The number of anilines is 1. The summed E-state index contributed by atoms with van der Waals surface area (Å²) in [4.78, 5) is 26.0. The van der Waals surface area contributed by atoms with E-state index in [0.717, 1.165) is 90.1 Å². The van der Waals surface area contributed by atoms with Gasteiger partial charge in [-0.2, -0.15) is 0 Å². The fourth-order valence-corrected chi connectivity index (χ4v) is 6.80. The van der Waals surface area contributed by atoms with Crippen molar-refractivity contribution in [3.05, 3.63) is 77.8 Å². The number of allylic oxidation sites excluding steroid dienone is 1. The molecule has 2 fully saturated rings. The summed E-state index contributed by atoms with van der Waals surface area (Å²) >= 11 is 1.48. The molecule has 1 N–H and O–H groups in total. The van der Waals surface area contributed by atoms with Crippen LogP contribution < -0.4 is 9.46 Å². The van der Waals surface area contributed by atoms with E-state index in [9.17, 15) is 4.79 Å². The van der Waals surface area contributed by atoms with E-state index in [1.165, 1.54) is 24.8 Å². The first-order valence-corrected chi connectivity index (χ1v) is 17.2. The second-order valence-electron chi connectivity index (χ2n) is 12.8. The monoisotopic (exact) mass is 628 g/mol. The van der Waals surface area contributed by atoms with Crippen molar-refractivity contribution in [1.29, 1.82) is 0 Å². The summed E-state index contributed by atoms with van der Waals surface area (Å²) in [5.74, 6) is 1.94. The van der Waals surface area contributed by atoms with Crippen LogP contribution >= 0.6 is 11.9 Å². The Labute approximate surface area is 273 Å². The van der Waals surface area contributed by atoms with Gasteiger partial charge in [-0.15, -0.1) is 0 Å². The molecule has 45 heavy (non-hydrogen) atoms. The molecule has 1 amide bonds. The molecule has 2 aliphatic rings. The summed E-state index contributed by atoms with van der Waals surface area (Å²) in [5.41, 5.74) is 5.85. The van der Waals surface area contributed by atoms with Crippen molar-refractivity contribution in [2.24, 2.45) is 11.3 Å². The van der Waals surface area contributed by atoms with Crippen molar-refractivity contribution in [2.75, 3.05) is 18.4 Å². The number of amides is 1. The number of nitrogens with one attached hydrogen (secondary N) is 1. The minimum absolute atomic E-state index is 0.221. The molecule has 8 heteroatoms. The van der Waals surface area contributed by atoms with Gasteiger partial charge in [0.2, 0.25) is 5.91 Å². The molecular formula is C37H48N4O3S. The fourth-order valence-electron chi connectivity index (χ4n) is 6.02. The smallest absolute Gasteiger partial charge is 0.258 e. The van der Waals surface area contributed by atoms with Crippen LogP contribution in [0, 0.1) is 18.3 Å². The Balaban J connectivity index is 1.43. The number of rotatable bonds is 16. The fraction of sp³-hybridized carbons (Fsp3) is 0.486. The number of unbranched alkanes of at least 4 members (excludes halogenated alkanes) is 1. The Kier molecular flexibility index (Phi) is 11.2. The van der Waals surface area contributed by atoms with Crippen LogP contribution in [-0.4, -0.2) is 34.5 Å². The Hall–Kier alpha value is -3.36. The van der Waals surface area contributed by atoms with Gasteiger partial charge in [0.25, 0.3) is 5.88 Å². The standard InChI is InChI=1S/C37H48N4O3S/c1-6-7-12-27(3)41(36(42)37(4)19-10-11-20-37)23-29-17-18-31(30(21-29)25-44-24-28-15-16-28)32-13-8-9-14-33(32)45-40-34-35(43-5)39-26(2)22-38-34/h8-9,13-14,17-18,21-22,28H,3,6-7,10-12,15-16,19-20,23-25H2,1-2,4-5H3,(H,38,40). The number of hydrogen-bond donors (Lipinski definition) is 1. The molecule has 0 aliphatic heterocycles. The number of methoxy groups -OCH3 is 1. The lowest BCUT2D eigenvalue weighted by molar-refractivity contribution is -0.139. The van der Waals surface area contributed by atoms with Gasteiger partial charge >= 0.3 is 0 Å². The van der Waals surface area contributed by atoms with E-state index < -0.39 is 0 Å². The molecule has 3 aromatic rings. The van der Waals surface area contributed by atoms with E-state index >= 15 is 0 Å². The predicted octanol–water partition coefficient (Wildman–Crippen LogP) is 9.12. The Morgan fingerprint density at radius 3 is 2.67 bits per heavy atom. The highest BCUT2D eigenvalue weighted by atomic mass is 32.2. The SMILES string of the molecule is C=C(CCCC)N(Cc1ccc(-c2ccccc2SNc2ncc(C)nc2OC)c(COCC2CC2)c1)C(=O)C1(C)CCCC1. The number of aromatic nitrogens is 2. The number of aryl methyl sites for hydroxylation is 1. The summed E-state index contributed by atoms with van der Waals surface area (Å²) in [6.45, 7) is 12.4. The molecule has 1 heterocycles. The maximum atomic E-state index is 14.0. The number of hydrogen-bond acceptors (Lipinski definition) is 7. The van der Waals surface area contributed by atoms with Gasteiger partial charge in [0.05, 0.1) is 32.2 Å². The molecule has 2 aromatic carbocycles. The Bertz CT molecular complexity index is 1480. The molecule has 0 bridgehead atoms. The van der Waals surface area contributed by atoms with Crippen LogP contribution in [0.5, 0.6) is 5.88 Å². The minimum atomic E-state index is -0.307. The van der Waals surface area contributed by atoms with Crippen molar-refractivity contribution < 1.29 is 14.3 Å². The highest BCUT2D eigenvalue weighted by molar-refractivity contribution is 8.00. The van der Waals surface area contributed by atoms with Crippen LogP contribution in [0.2, 0.25) is 0 Å². The Morgan fingerprint density at radius 1 is 1.16 bits per heavy atom.